The minimum Gasteiger partial charge on any atom is -0.294 e. The Morgan fingerprint density at radius 2 is 1.61 bits per heavy atom. The second-order valence-corrected chi connectivity index (χ2v) is 6.38. The Morgan fingerprint density at radius 3 is 2.21 bits per heavy atom. The van der Waals surface area contributed by atoms with Gasteiger partial charge in [0.25, 0.3) is 5.69 Å². The van der Waals surface area contributed by atoms with Crippen LogP contribution in [0.5, 0.6) is 0 Å². The minimum atomic E-state index is -1.04. The Morgan fingerprint density at radius 1 is 0.964 bits per heavy atom. The zero-order valence-electron chi connectivity index (χ0n) is 14.8. The fourth-order valence-corrected chi connectivity index (χ4v) is 3.16. The summed E-state index contributed by atoms with van der Waals surface area (Å²) in [5.41, 5.74) is 0.960. The maximum atomic E-state index is 12.9. The van der Waals surface area contributed by atoms with Gasteiger partial charge in [-0.25, -0.2) is 0 Å². The van der Waals surface area contributed by atoms with Gasteiger partial charge < -0.3 is 0 Å². The maximum Gasteiger partial charge on any atom is 0.269 e. The average Bonchev–Trinajstić information content (AvgIpc) is 2.73. The summed E-state index contributed by atoms with van der Waals surface area (Å²) in [7, 11) is 0. The summed E-state index contributed by atoms with van der Waals surface area (Å²) < 4.78 is 0. The number of hydrogen-bond acceptors (Lipinski definition) is 5. The van der Waals surface area contributed by atoms with Gasteiger partial charge in [0.15, 0.2) is 5.78 Å². The molecule has 0 N–H and O–H groups in total. The molecule has 0 aromatic heterocycles. The summed E-state index contributed by atoms with van der Waals surface area (Å²) in [6.07, 6.45) is -0.0397. The van der Waals surface area contributed by atoms with Gasteiger partial charge in [0, 0.05) is 30.0 Å². The zero-order chi connectivity index (χ0) is 20.1. The molecule has 0 saturated carbocycles. The number of Topliss-reactive ketones (excluding diaryl/α,β-unsaturated/α-hetero) is 1. The number of nitriles is 2. The smallest absolute Gasteiger partial charge is 0.269 e. The van der Waals surface area contributed by atoms with E-state index in [-0.39, 0.29) is 17.9 Å². The van der Waals surface area contributed by atoms with Crippen LogP contribution < -0.4 is 0 Å². The summed E-state index contributed by atoms with van der Waals surface area (Å²) in [5, 5.41) is 31.5. The van der Waals surface area contributed by atoms with Crippen LogP contribution >= 0.6 is 0 Å². The van der Waals surface area contributed by atoms with Crippen LogP contribution in [-0.4, -0.2) is 10.7 Å². The van der Waals surface area contributed by atoms with E-state index < -0.39 is 16.8 Å². The number of rotatable bonds is 6. The summed E-state index contributed by atoms with van der Waals surface area (Å²) in [5.74, 6) is -1.90. The highest BCUT2D eigenvalue weighted by Crippen LogP contribution is 2.31. The molecule has 0 bridgehead atoms. The molecule has 6 heteroatoms. The highest BCUT2D eigenvalue weighted by Gasteiger charge is 2.27. The molecule has 136 valence electrons. The van der Waals surface area contributed by atoms with E-state index >= 15 is 0 Å². The van der Waals surface area contributed by atoms with Crippen LogP contribution in [0, 0.1) is 38.7 Å². The molecule has 0 amide bonds. The van der Waals surface area contributed by atoms with Crippen LogP contribution in [0.4, 0.5) is 5.69 Å². The molecule has 0 radical (unpaired) electrons. The number of hydrogen-bond donors (Lipinski definition) is 0. The Labute approximate surface area is 161 Å². The van der Waals surface area contributed by atoms with Gasteiger partial charge >= 0.3 is 0 Å². The molecule has 6 nitrogen and oxygen atoms in total. The topological polar surface area (TPSA) is 108 Å². The van der Waals surface area contributed by atoms with E-state index in [2.05, 4.69) is 0 Å². The van der Waals surface area contributed by atoms with Crippen molar-refractivity contribution in [1.29, 1.82) is 10.5 Å². The molecule has 0 heterocycles. The molecule has 0 aliphatic heterocycles. The number of nitrogens with zero attached hydrogens (tertiary/aromatic N) is 3. The fraction of sp³-hybridized carbons (Fsp3) is 0.136. The number of fused-ring (bicyclic) bond motifs is 1. The van der Waals surface area contributed by atoms with E-state index in [4.69, 9.17) is 0 Å². The molecule has 0 unspecified atom stereocenters. The first kappa shape index (κ1) is 18.8. The molecule has 28 heavy (non-hydrogen) atoms. The molecule has 0 saturated heterocycles. The van der Waals surface area contributed by atoms with Gasteiger partial charge in [-0.05, 0) is 22.4 Å². The van der Waals surface area contributed by atoms with E-state index in [0.717, 1.165) is 10.8 Å². The molecular formula is C22H15N3O3. The summed E-state index contributed by atoms with van der Waals surface area (Å²) in [6, 6.07) is 22.5. The third-order valence-electron chi connectivity index (χ3n) is 4.69. The number of benzene rings is 3. The zero-order valence-corrected chi connectivity index (χ0v) is 14.8. The molecule has 3 aromatic rings. The van der Waals surface area contributed by atoms with Crippen LogP contribution in [0.1, 0.15) is 28.3 Å². The van der Waals surface area contributed by atoms with Crippen LogP contribution in [0.3, 0.4) is 0 Å². The van der Waals surface area contributed by atoms with Gasteiger partial charge in [0.05, 0.1) is 17.1 Å². The molecular weight excluding hydrogens is 354 g/mol. The SMILES string of the molecule is N#CC(C#N)[C@H](CC(=O)c1ccc2ccccc2c1)c1ccc([N+](=O)[O-])cc1. The lowest BCUT2D eigenvalue weighted by Crippen LogP contribution is -2.15. The van der Waals surface area contributed by atoms with Crippen LogP contribution in [0.2, 0.25) is 0 Å². The number of nitro groups is 1. The third kappa shape index (κ3) is 3.87. The van der Waals surface area contributed by atoms with Crippen LogP contribution in [-0.2, 0) is 0 Å². The van der Waals surface area contributed by atoms with Crippen LogP contribution in [0.25, 0.3) is 10.8 Å². The number of carbonyl (C=O) groups is 1. The molecule has 3 aromatic carbocycles. The number of ketones is 1. The van der Waals surface area contributed by atoms with Crippen molar-refractivity contribution in [2.75, 3.05) is 0 Å². The second kappa shape index (κ2) is 8.11. The quantitative estimate of drug-likeness (QED) is 0.353. The van der Waals surface area contributed by atoms with E-state index in [1.54, 1.807) is 12.1 Å². The van der Waals surface area contributed by atoms with Gasteiger partial charge in [-0.15, -0.1) is 0 Å². The summed E-state index contributed by atoms with van der Waals surface area (Å²) in [4.78, 5) is 23.2. The lowest BCUT2D eigenvalue weighted by Gasteiger charge is -2.17. The van der Waals surface area contributed by atoms with E-state index in [0.29, 0.717) is 11.1 Å². The van der Waals surface area contributed by atoms with Crippen molar-refractivity contribution in [3.05, 3.63) is 88.0 Å². The number of carbonyl (C=O) groups excluding carboxylic acids is 1. The maximum absolute atomic E-state index is 12.9. The Hall–Kier alpha value is -4.03. The molecule has 0 fully saturated rings. The number of nitro benzene ring substituents is 1. The first-order valence-corrected chi connectivity index (χ1v) is 8.59. The van der Waals surface area contributed by atoms with Gasteiger partial charge in [-0.1, -0.05) is 48.5 Å². The molecule has 0 aliphatic carbocycles. The first-order valence-electron chi connectivity index (χ1n) is 8.59. The van der Waals surface area contributed by atoms with E-state index in [1.807, 2.05) is 42.5 Å². The fourth-order valence-electron chi connectivity index (χ4n) is 3.16. The minimum absolute atomic E-state index is 0.0397. The lowest BCUT2D eigenvalue weighted by atomic mass is 9.82. The van der Waals surface area contributed by atoms with Crippen molar-refractivity contribution in [3.63, 3.8) is 0 Å². The third-order valence-corrected chi connectivity index (χ3v) is 4.69. The van der Waals surface area contributed by atoms with Gasteiger partial charge in [-0.2, -0.15) is 10.5 Å². The van der Waals surface area contributed by atoms with Crippen molar-refractivity contribution >= 4 is 22.2 Å². The predicted octanol–water partition coefficient (Wildman–Crippen LogP) is 4.77. The normalized spacial score (nSPS) is 11.5. The largest absolute Gasteiger partial charge is 0.294 e. The van der Waals surface area contributed by atoms with Gasteiger partial charge in [0.2, 0.25) is 0 Å². The Balaban J connectivity index is 1.92. The first-order chi connectivity index (χ1) is 13.5. The van der Waals surface area contributed by atoms with Crippen LogP contribution in [0.15, 0.2) is 66.7 Å². The summed E-state index contributed by atoms with van der Waals surface area (Å²) in [6.45, 7) is 0. The Kier molecular flexibility index (Phi) is 5.43. The monoisotopic (exact) mass is 369 g/mol. The highest BCUT2D eigenvalue weighted by atomic mass is 16.6. The van der Waals surface area contributed by atoms with Crippen molar-refractivity contribution in [2.45, 2.75) is 12.3 Å². The van der Waals surface area contributed by atoms with Crippen molar-refractivity contribution in [1.82, 2.24) is 0 Å². The second-order valence-electron chi connectivity index (χ2n) is 6.38. The number of non-ortho nitro benzene ring substituents is 1. The molecule has 3 rings (SSSR count). The van der Waals surface area contributed by atoms with E-state index in [9.17, 15) is 25.4 Å². The van der Waals surface area contributed by atoms with Gasteiger partial charge in [-0.3, -0.25) is 14.9 Å². The summed E-state index contributed by atoms with van der Waals surface area (Å²) >= 11 is 0. The van der Waals surface area contributed by atoms with Crippen molar-refractivity contribution in [3.8, 4) is 12.1 Å². The van der Waals surface area contributed by atoms with Crippen molar-refractivity contribution < 1.29 is 9.72 Å². The van der Waals surface area contributed by atoms with Gasteiger partial charge in [0.1, 0.15) is 5.92 Å². The average molecular weight is 369 g/mol. The molecule has 0 spiro atoms. The standard InChI is InChI=1S/C22H15N3O3/c23-13-19(14-24)21(16-7-9-20(10-8-16)25(27)28)12-22(26)18-6-5-15-3-1-2-4-17(15)11-18/h1-11,19,21H,12H2/t21-/m1/s1. The highest BCUT2D eigenvalue weighted by molar-refractivity contribution is 6.00. The lowest BCUT2D eigenvalue weighted by molar-refractivity contribution is -0.384. The predicted molar refractivity (Wildman–Crippen MR) is 103 cm³/mol. The Bertz CT molecular complexity index is 1110. The molecule has 0 aliphatic rings. The molecule has 1 atom stereocenters. The van der Waals surface area contributed by atoms with E-state index in [1.165, 1.54) is 24.3 Å². The van der Waals surface area contributed by atoms with Crippen molar-refractivity contribution in [2.24, 2.45) is 5.92 Å².